The molecule has 3 heteroatoms. The molecule has 0 unspecified atom stereocenters. The lowest BCUT2D eigenvalue weighted by Gasteiger charge is -2.23. The van der Waals surface area contributed by atoms with Crippen molar-refractivity contribution in [2.75, 3.05) is 18.5 Å². The van der Waals surface area contributed by atoms with Crippen LogP contribution in [0, 0.1) is 12.3 Å². The van der Waals surface area contributed by atoms with Crippen molar-refractivity contribution in [1.29, 1.82) is 0 Å². The second-order valence-electron chi connectivity index (χ2n) is 5.93. The zero-order valence-electron chi connectivity index (χ0n) is 11.7. The van der Waals surface area contributed by atoms with E-state index in [2.05, 4.69) is 58.5 Å². The second-order valence-corrected chi connectivity index (χ2v) is 5.93. The average molecular weight is 255 g/mol. The highest BCUT2D eigenvalue weighted by Gasteiger charge is 2.43. The molecule has 3 nitrogen and oxygen atoms in total. The van der Waals surface area contributed by atoms with Gasteiger partial charge in [-0.1, -0.05) is 30.3 Å². The first kappa shape index (κ1) is 12.3. The van der Waals surface area contributed by atoms with Crippen molar-refractivity contribution in [1.82, 2.24) is 10.2 Å². The van der Waals surface area contributed by atoms with Gasteiger partial charge in [0.1, 0.15) is 5.82 Å². The number of hydrogen-bond acceptors (Lipinski definition) is 2. The molecule has 1 heterocycles. The van der Waals surface area contributed by atoms with Gasteiger partial charge < -0.3 is 4.90 Å². The van der Waals surface area contributed by atoms with E-state index in [0.29, 0.717) is 5.41 Å². The van der Waals surface area contributed by atoms with Crippen LogP contribution in [-0.4, -0.2) is 23.8 Å². The third-order valence-electron chi connectivity index (χ3n) is 4.04. The highest BCUT2D eigenvalue weighted by molar-refractivity contribution is 5.39. The molecule has 1 N–H and O–H groups in total. The lowest BCUT2D eigenvalue weighted by Crippen LogP contribution is -2.28. The molecule has 100 valence electrons. The van der Waals surface area contributed by atoms with Crippen LogP contribution < -0.4 is 4.90 Å². The van der Waals surface area contributed by atoms with Crippen LogP contribution in [-0.2, 0) is 6.42 Å². The number of anilines is 1. The van der Waals surface area contributed by atoms with Crippen molar-refractivity contribution in [2.24, 2.45) is 5.41 Å². The van der Waals surface area contributed by atoms with Crippen LogP contribution in [0.5, 0.6) is 0 Å². The van der Waals surface area contributed by atoms with Crippen molar-refractivity contribution in [3.8, 4) is 0 Å². The van der Waals surface area contributed by atoms with E-state index in [1.165, 1.54) is 24.8 Å². The summed E-state index contributed by atoms with van der Waals surface area (Å²) >= 11 is 0. The minimum Gasteiger partial charge on any atom is -0.358 e. The summed E-state index contributed by atoms with van der Waals surface area (Å²) in [6.45, 7) is 3.13. The maximum absolute atomic E-state index is 4.34. The molecule has 3 rings (SSSR count). The molecule has 1 fully saturated rings. The zero-order valence-corrected chi connectivity index (χ0v) is 11.7. The van der Waals surface area contributed by atoms with E-state index in [1.807, 2.05) is 6.92 Å². The second kappa shape index (κ2) is 4.72. The normalized spacial score (nSPS) is 16.3. The highest BCUT2D eigenvalue weighted by Crippen LogP contribution is 2.49. The van der Waals surface area contributed by atoms with Crippen molar-refractivity contribution in [2.45, 2.75) is 26.2 Å². The molecule has 19 heavy (non-hydrogen) atoms. The summed E-state index contributed by atoms with van der Waals surface area (Å²) < 4.78 is 0. The van der Waals surface area contributed by atoms with Gasteiger partial charge in [-0.15, -0.1) is 0 Å². The molecule has 0 saturated heterocycles. The van der Waals surface area contributed by atoms with E-state index < -0.39 is 0 Å². The number of nitrogens with zero attached hydrogens (tertiary/aromatic N) is 2. The Hall–Kier alpha value is -1.77. The molecular formula is C16H21N3. The van der Waals surface area contributed by atoms with Gasteiger partial charge in [0.05, 0.1) is 0 Å². The summed E-state index contributed by atoms with van der Waals surface area (Å²) in [5.74, 6) is 1.05. The van der Waals surface area contributed by atoms with Gasteiger partial charge in [-0.3, -0.25) is 5.10 Å². The summed E-state index contributed by atoms with van der Waals surface area (Å²) in [5, 5.41) is 7.35. The molecular weight excluding hydrogens is 234 g/mol. The molecule has 1 aliphatic carbocycles. The van der Waals surface area contributed by atoms with Crippen LogP contribution in [0.1, 0.15) is 24.1 Å². The quantitative estimate of drug-likeness (QED) is 0.890. The molecule has 0 aliphatic heterocycles. The first-order chi connectivity index (χ1) is 9.17. The lowest BCUT2D eigenvalue weighted by atomic mass is 9.96. The molecule has 0 bridgehead atoms. The van der Waals surface area contributed by atoms with Gasteiger partial charge in [0.15, 0.2) is 0 Å². The van der Waals surface area contributed by atoms with Crippen molar-refractivity contribution in [3.63, 3.8) is 0 Å². The van der Waals surface area contributed by atoms with E-state index in [1.54, 1.807) is 0 Å². The fourth-order valence-electron chi connectivity index (χ4n) is 2.78. The van der Waals surface area contributed by atoms with Crippen LogP contribution in [0.2, 0.25) is 0 Å². The largest absolute Gasteiger partial charge is 0.358 e. The van der Waals surface area contributed by atoms with Gasteiger partial charge >= 0.3 is 0 Å². The maximum atomic E-state index is 4.34. The predicted molar refractivity (Wildman–Crippen MR) is 78.4 cm³/mol. The summed E-state index contributed by atoms with van der Waals surface area (Å²) in [6.07, 6.45) is 3.84. The summed E-state index contributed by atoms with van der Waals surface area (Å²) in [7, 11) is 2.14. The highest BCUT2D eigenvalue weighted by atomic mass is 15.3. The van der Waals surface area contributed by atoms with Gasteiger partial charge in [0.2, 0.25) is 0 Å². The molecule has 0 atom stereocenters. The number of hydrogen-bond donors (Lipinski definition) is 1. The van der Waals surface area contributed by atoms with Crippen molar-refractivity contribution in [3.05, 3.63) is 47.7 Å². The average Bonchev–Trinajstić information content (AvgIpc) is 2.99. The van der Waals surface area contributed by atoms with E-state index >= 15 is 0 Å². The van der Waals surface area contributed by atoms with Crippen molar-refractivity contribution >= 4 is 5.82 Å². The Labute approximate surface area is 114 Å². The smallest absolute Gasteiger partial charge is 0.150 e. The molecule has 2 aromatic rings. The minimum absolute atomic E-state index is 0.461. The topological polar surface area (TPSA) is 31.9 Å². The Bertz CT molecular complexity index is 540. The first-order valence-electron chi connectivity index (χ1n) is 6.94. The Morgan fingerprint density at radius 2 is 2.00 bits per heavy atom. The Morgan fingerprint density at radius 3 is 2.58 bits per heavy atom. The summed E-state index contributed by atoms with van der Waals surface area (Å²) in [5.41, 5.74) is 3.03. The number of H-pyrrole nitrogens is 1. The monoisotopic (exact) mass is 255 g/mol. The molecule has 1 aromatic heterocycles. The van der Waals surface area contributed by atoms with E-state index in [-0.39, 0.29) is 0 Å². The number of rotatable bonds is 5. The summed E-state index contributed by atoms with van der Waals surface area (Å²) in [4.78, 5) is 2.28. The van der Waals surface area contributed by atoms with Gasteiger partial charge in [-0.2, -0.15) is 5.10 Å². The summed E-state index contributed by atoms with van der Waals surface area (Å²) in [6, 6.07) is 12.9. The lowest BCUT2D eigenvalue weighted by molar-refractivity contribution is 0.506. The first-order valence-corrected chi connectivity index (χ1v) is 6.94. The van der Waals surface area contributed by atoms with Crippen LogP contribution in [0.15, 0.2) is 36.4 Å². The van der Waals surface area contributed by atoms with Gasteiger partial charge in [0.25, 0.3) is 0 Å². The van der Waals surface area contributed by atoms with E-state index in [9.17, 15) is 0 Å². The molecule has 1 aromatic carbocycles. The predicted octanol–water partition coefficient (Wildman–Crippen LogP) is 3.18. The molecule has 0 spiro atoms. The molecule has 1 saturated carbocycles. The molecule has 0 radical (unpaired) electrons. The third kappa shape index (κ3) is 2.80. The number of benzene rings is 1. The van der Waals surface area contributed by atoms with E-state index in [4.69, 9.17) is 0 Å². The van der Waals surface area contributed by atoms with Crippen LogP contribution >= 0.6 is 0 Å². The Morgan fingerprint density at radius 1 is 1.26 bits per heavy atom. The zero-order chi connectivity index (χ0) is 13.3. The number of aryl methyl sites for hydroxylation is 1. The number of nitrogens with one attached hydrogen (secondary N) is 1. The SMILES string of the molecule is Cc1cc(N(C)CC2(Cc3ccccc3)CC2)n[nH]1. The maximum Gasteiger partial charge on any atom is 0.150 e. The van der Waals surface area contributed by atoms with Crippen LogP contribution in [0.3, 0.4) is 0 Å². The molecule has 0 amide bonds. The van der Waals surface area contributed by atoms with Crippen LogP contribution in [0.4, 0.5) is 5.82 Å². The van der Waals surface area contributed by atoms with Gasteiger partial charge in [-0.05, 0) is 37.2 Å². The number of aromatic nitrogens is 2. The molecule has 1 aliphatic rings. The van der Waals surface area contributed by atoms with Crippen molar-refractivity contribution < 1.29 is 0 Å². The van der Waals surface area contributed by atoms with Gasteiger partial charge in [-0.25, -0.2) is 0 Å². The third-order valence-corrected chi connectivity index (χ3v) is 4.04. The number of aromatic amines is 1. The Kier molecular flexibility index (Phi) is 3.05. The Balaban J connectivity index is 1.66. The van der Waals surface area contributed by atoms with Crippen LogP contribution in [0.25, 0.3) is 0 Å². The fourth-order valence-corrected chi connectivity index (χ4v) is 2.78. The van der Waals surface area contributed by atoms with E-state index in [0.717, 1.165) is 18.1 Å². The fraction of sp³-hybridized carbons (Fsp3) is 0.438. The minimum atomic E-state index is 0.461. The van der Waals surface area contributed by atoms with Gasteiger partial charge in [0, 0.05) is 25.4 Å². The standard InChI is InChI=1S/C16H21N3/c1-13-10-15(18-17-13)19(2)12-16(8-9-16)11-14-6-4-3-5-7-14/h3-7,10H,8-9,11-12H2,1-2H3,(H,17,18).